The third-order valence-electron chi connectivity index (χ3n) is 4.14. The zero-order valence-electron chi connectivity index (χ0n) is 16.4. The van der Waals surface area contributed by atoms with Crippen LogP contribution in [-0.2, 0) is 11.2 Å². The van der Waals surface area contributed by atoms with Crippen molar-refractivity contribution in [3.8, 4) is 0 Å². The van der Waals surface area contributed by atoms with Crippen LogP contribution >= 0.6 is 0 Å². The first-order valence-electron chi connectivity index (χ1n) is 8.99. The summed E-state index contributed by atoms with van der Waals surface area (Å²) in [6.07, 6.45) is 0.249. The Bertz CT molecular complexity index is 523. The number of rotatable bonds is 8. The predicted molar refractivity (Wildman–Crippen MR) is 102 cm³/mol. The van der Waals surface area contributed by atoms with Crippen LogP contribution in [0, 0.1) is 0 Å². The molecule has 0 unspecified atom stereocenters. The van der Waals surface area contributed by atoms with Crippen LogP contribution in [0.25, 0.3) is 0 Å². The lowest BCUT2D eigenvalue weighted by Gasteiger charge is -2.30. The minimum Gasteiger partial charge on any atom is -0.444 e. The van der Waals surface area contributed by atoms with Crippen molar-refractivity contribution >= 4 is 6.09 Å². The summed E-state index contributed by atoms with van der Waals surface area (Å²) in [6.45, 7) is 12.1. The zero-order valence-corrected chi connectivity index (χ0v) is 16.4. The second-order valence-corrected chi connectivity index (χ2v) is 8.13. The normalized spacial score (nSPS) is 14.7. The molecule has 0 heterocycles. The van der Waals surface area contributed by atoms with Crippen LogP contribution in [0.2, 0.25) is 0 Å². The molecule has 5 nitrogen and oxygen atoms in total. The van der Waals surface area contributed by atoms with Gasteiger partial charge in [0, 0.05) is 12.1 Å². The lowest BCUT2D eigenvalue weighted by atomic mass is 9.98. The molecule has 2 atom stereocenters. The third kappa shape index (κ3) is 8.89. The summed E-state index contributed by atoms with van der Waals surface area (Å²) in [4.78, 5) is 12.2. The molecule has 0 saturated heterocycles. The summed E-state index contributed by atoms with van der Waals surface area (Å²) in [6, 6.07) is 9.38. The Morgan fingerprint density at radius 1 is 1.16 bits per heavy atom. The Morgan fingerprint density at radius 2 is 1.76 bits per heavy atom. The largest absolute Gasteiger partial charge is 0.444 e. The molecular weight excluding hydrogens is 316 g/mol. The monoisotopic (exact) mass is 350 g/mol. The van der Waals surface area contributed by atoms with Crippen molar-refractivity contribution in [3.63, 3.8) is 0 Å². The van der Waals surface area contributed by atoms with Gasteiger partial charge in [-0.3, -0.25) is 0 Å². The zero-order chi connectivity index (χ0) is 19.1. The van der Waals surface area contributed by atoms with Gasteiger partial charge in [0.25, 0.3) is 0 Å². The highest BCUT2D eigenvalue weighted by Gasteiger charge is 2.26. The molecule has 0 spiro atoms. The number of ether oxygens (including phenoxy) is 1. The number of hydrogen-bond donors (Lipinski definition) is 3. The standard InChI is InChI=1S/C20H34N2O3/c1-7-20(5,6)21-14-17(23)16(13-15-11-9-8-10-12-15)22-18(24)25-19(2,3)4/h8-12,16-17,21,23H,7,13-14H2,1-6H3,(H,22,24)/t16-,17-/m0/s1. The van der Waals surface area contributed by atoms with Gasteiger partial charge >= 0.3 is 6.09 Å². The number of benzene rings is 1. The Labute approximate surface area is 152 Å². The van der Waals surface area contributed by atoms with Crippen LogP contribution in [0.4, 0.5) is 4.79 Å². The van der Waals surface area contributed by atoms with Crippen molar-refractivity contribution in [2.24, 2.45) is 0 Å². The molecule has 5 heteroatoms. The number of hydrogen-bond acceptors (Lipinski definition) is 4. The number of carbonyl (C=O) groups excluding carboxylic acids is 1. The van der Waals surface area contributed by atoms with Crippen LogP contribution in [0.1, 0.15) is 53.5 Å². The molecule has 0 bridgehead atoms. The highest BCUT2D eigenvalue weighted by atomic mass is 16.6. The Morgan fingerprint density at radius 3 is 2.28 bits per heavy atom. The van der Waals surface area contributed by atoms with E-state index in [-0.39, 0.29) is 5.54 Å². The van der Waals surface area contributed by atoms with Crippen molar-refractivity contribution in [2.75, 3.05) is 6.54 Å². The number of nitrogens with one attached hydrogen (secondary N) is 2. The fourth-order valence-electron chi connectivity index (χ4n) is 2.26. The Hall–Kier alpha value is -1.59. The summed E-state index contributed by atoms with van der Waals surface area (Å²) in [7, 11) is 0. The smallest absolute Gasteiger partial charge is 0.407 e. The van der Waals surface area contributed by atoms with Gasteiger partial charge in [-0.1, -0.05) is 37.3 Å². The molecule has 142 valence electrons. The third-order valence-corrected chi connectivity index (χ3v) is 4.14. The van der Waals surface area contributed by atoms with Crippen molar-refractivity contribution in [2.45, 2.75) is 77.7 Å². The van der Waals surface area contributed by atoms with E-state index in [1.165, 1.54) is 0 Å². The number of aliphatic hydroxyl groups is 1. The van der Waals surface area contributed by atoms with Crippen molar-refractivity contribution in [1.29, 1.82) is 0 Å². The van der Waals surface area contributed by atoms with Crippen LogP contribution in [-0.4, -0.2) is 41.0 Å². The minimum absolute atomic E-state index is 0.0653. The van der Waals surface area contributed by atoms with Crippen LogP contribution in [0.3, 0.4) is 0 Å². The first-order valence-corrected chi connectivity index (χ1v) is 8.99. The van der Waals surface area contributed by atoms with Crippen molar-refractivity contribution in [1.82, 2.24) is 10.6 Å². The lowest BCUT2D eigenvalue weighted by Crippen LogP contribution is -2.52. The maximum absolute atomic E-state index is 12.2. The van der Waals surface area contributed by atoms with Crippen molar-refractivity contribution < 1.29 is 14.6 Å². The van der Waals surface area contributed by atoms with E-state index in [9.17, 15) is 9.90 Å². The fraction of sp³-hybridized carbons (Fsp3) is 0.650. The summed E-state index contributed by atoms with van der Waals surface area (Å²) in [5, 5.41) is 16.8. The second-order valence-electron chi connectivity index (χ2n) is 8.13. The van der Waals surface area contributed by atoms with E-state index in [0.717, 1.165) is 12.0 Å². The van der Waals surface area contributed by atoms with E-state index >= 15 is 0 Å². The predicted octanol–water partition coefficient (Wildman–Crippen LogP) is 3.26. The molecule has 0 radical (unpaired) electrons. The van der Waals surface area contributed by atoms with E-state index < -0.39 is 23.8 Å². The highest BCUT2D eigenvalue weighted by molar-refractivity contribution is 5.68. The average molecular weight is 351 g/mol. The van der Waals surface area contributed by atoms with E-state index in [0.29, 0.717) is 13.0 Å². The van der Waals surface area contributed by atoms with E-state index in [1.807, 2.05) is 51.1 Å². The molecule has 0 aliphatic heterocycles. The molecule has 1 aromatic carbocycles. The van der Waals surface area contributed by atoms with Gasteiger partial charge < -0.3 is 20.5 Å². The van der Waals surface area contributed by atoms with Crippen LogP contribution in [0.15, 0.2) is 30.3 Å². The number of alkyl carbamates (subject to hydrolysis) is 1. The lowest BCUT2D eigenvalue weighted by molar-refractivity contribution is 0.0416. The van der Waals surface area contributed by atoms with Gasteiger partial charge in [-0.25, -0.2) is 4.79 Å². The molecule has 1 amide bonds. The number of aliphatic hydroxyl groups excluding tert-OH is 1. The molecule has 0 aliphatic carbocycles. The van der Waals surface area contributed by atoms with Crippen LogP contribution in [0.5, 0.6) is 0 Å². The molecular formula is C20H34N2O3. The molecule has 1 aromatic rings. The first-order chi connectivity index (χ1) is 11.5. The maximum Gasteiger partial charge on any atom is 0.407 e. The summed E-state index contributed by atoms with van der Waals surface area (Å²) in [5.41, 5.74) is 0.413. The number of β-amino-alcohol motifs (C(OH)–C–C–N with tert-alkyl or cyclic N) is 1. The molecule has 3 N–H and O–H groups in total. The van der Waals surface area contributed by atoms with E-state index in [2.05, 4.69) is 31.4 Å². The molecule has 25 heavy (non-hydrogen) atoms. The van der Waals surface area contributed by atoms with Gasteiger partial charge in [-0.2, -0.15) is 0 Å². The summed E-state index contributed by atoms with van der Waals surface area (Å²) < 4.78 is 5.34. The molecule has 0 aliphatic rings. The van der Waals surface area contributed by atoms with Gasteiger partial charge in [-0.15, -0.1) is 0 Å². The topological polar surface area (TPSA) is 70.6 Å². The van der Waals surface area contributed by atoms with Gasteiger partial charge in [0.2, 0.25) is 0 Å². The first kappa shape index (κ1) is 21.5. The SMILES string of the molecule is CCC(C)(C)NC[C@H](O)[C@H](Cc1ccccc1)NC(=O)OC(C)(C)C. The summed E-state index contributed by atoms with van der Waals surface area (Å²) in [5.74, 6) is 0. The highest BCUT2D eigenvalue weighted by Crippen LogP contribution is 2.12. The molecule has 0 saturated carbocycles. The second kappa shape index (κ2) is 9.20. The number of amides is 1. The molecule has 1 rings (SSSR count). The molecule has 0 fully saturated rings. The average Bonchev–Trinajstić information content (AvgIpc) is 2.51. The van der Waals surface area contributed by atoms with Gasteiger partial charge in [0.1, 0.15) is 5.60 Å². The summed E-state index contributed by atoms with van der Waals surface area (Å²) >= 11 is 0. The van der Waals surface area contributed by atoms with Crippen LogP contribution < -0.4 is 10.6 Å². The van der Waals surface area contributed by atoms with E-state index in [4.69, 9.17) is 4.74 Å². The van der Waals surface area contributed by atoms with Gasteiger partial charge in [0.05, 0.1) is 12.1 Å². The van der Waals surface area contributed by atoms with Gasteiger partial charge in [0.15, 0.2) is 0 Å². The Balaban J connectivity index is 2.77. The quantitative estimate of drug-likeness (QED) is 0.673. The number of carbonyl (C=O) groups is 1. The van der Waals surface area contributed by atoms with E-state index in [1.54, 1.807) is 0 Å². The Kier molecular flexibility index (Phi) is 7.90. The maximum atomic E-state index is 12.2. The van der Waals surface area contributed by atoms with Crippen molar-refractivity contribution in [3.05, 3.63) is 35.9 Å². The molecule has 0 aromatic heterocycles. The van der Waals surface area contributed by atoms with Gasteiger partial charge in [-0.05, 0) is 53.0 Å². The fourth-order valence-corrected chi connectivity index (χ4v) is 2.26. The minimum atomic E-state index is -0.724.